The van der Waals surface area contributed by atoms with Gasteiger partial charge in [0.15, 0.2) is 0 Å². The minimum absolute atomic E-state index is 0.0278. The van der Waals surface area contributed by atoms with E-state index in [1.54, 1.807) is 42.9 Å². The third-order valence-corrected chi connectivity index (χ3v) is 7.79. The topological polar surface area (TPSA) is 164 Å². The van der Waals surface area contributed by atoms with E-state index < -0.39 is 28.0 Å². The number of hydrogen-bond donors (Lipinski definition) is 2. The Hall–Kier alpha value is -4.72. The van der Waals surface area contributed by atoms with Crippen LogP contribution in [0.15, 0.2) is 61.1 Å². The molecule has 1 saturated heterocycles. The summed E-state index contributed by atoms with van der Waals surface area (Å²) in [7, 11) is -3.71. The van der Waals surface area contributed by atoms with Crippen molar-refractivity contribution in [1.29, 1.82) is 10.5 Å². The molecule has 1 unspecified atom stereocenters. The molecule has 0 bridgehead atoms. The molecule has 1 aromatic heterocycles. The van der Waals surface area contributed by atoms with Gasteiger partial charge in [-0.1, -0.05) is 18.2 Å². The van der Waals surface area contributed by atoms with Gasteiger partial charge < -0.3 is 20.1 Å². The van der Waals surface area contributed by atoms with E-state index in [1.165, 1.54) is 11.0 Å². The van der Waals surface area contributed by atoms with Crippen LogP contribution in [0.5, 0.6) is 0 Å². The Bertz CT molecular complexity index is 1570. The van der Waals surface area contributed by atoms with Crippen molar-refractivity contribution in [3.05, 3.63) is 83.4 Å². The summed E-state index contributed by atoms with van der Waals surface area (Å²) in [6.07, 6.45) is 4.88. The summed E-state index contributed by atoms with van der Waals surface area (Å²) in [6.45, 7) is 0.731. The number of sulfonamides is 1. The number of carbonyl (C=O) groups excluding carboxylic acids is 2. The van der Waals surface area contributed by atoms with Crippen LogP contribution in [-0.2, 0) is 27.8 Å². The lowest BCUT2D eigenvalue weighted by molar-refractivity contribution is -0.126. The molecule has 13 heteroatoms. The lowest BCUT2D eigenvalue weighted by Gasteiger charge is -2.38. The molecule has 40 heavy (non-hydrogen) atoms. The van der Waals surface area contributed by atoms with E-state index in [2.05, 4.69) is 21.7 Å². The summed E-state index contributed by atoms with van der Waals surface area (Å²) in [5.41, 5.74) is 3.25. The molecular formula is C27H28N8O4S. The van der Waals surface area contributed by atoms with E-state index in [0.717, 1.165) is 21.8 Å². The van der Waals surface area contributed by atoms with Crippen molar-refractivity contribution in [2.24, 2.45) is 0 Å². The van der Waals surface area contributed by atoms with Crippen LogP contribution in [0.1, 0.15) is 22.4 Å². The fourth-order valence-electron chi connectivity index (χ4n) is 4.44. The van der Waals surface area contributed by atoms with Gasteiger partial charge in [-0.15, -0.1) is 0 Å². The number of nitrogens with zero attached hydrogens (tertiary/aromatic N) is 6. The third kappa shape index (κ3) is 7.02. The minimum atomic E-state index is -3.71. The molecule has 2 aromatic carbocycles. The second-order valence-corrected chi connectivity index (χ2v) is 11.3. The van der Waals surface area contributed by atoms with Crippen molar-refractivity contribution in [3.63, 3.8) is 0 Å². The van der Waals surface area contributed by atoms with Crippen LogP contribution in [-0.4, -0.2) is 77.6 Å². The molecule has 2 heterocycles. The van der Waals surface area contributed by atoms with Gasteiger partial charge in [0, 0.05) is 56.7 Å². The Morgan fingerprint density at radius 3 is 2.52 bits per heavy atom. The van der Waals surface area contributed by atoms with Crippen LogP contribution in [0, 0.1) is 22.7 Å². The van der Waals surface area contributed by atoms with E-state index in [1.807, 2.05) is 22.8 Å². The maximum Gasteiger partial charge on any atom is 0.321 e. The lowest BCUT2D eigenvalue weighted by atomic mass is 10.1. The summed E-state index contributed by atoms with van der Waals surface area (Å²) in [5, 5.41) is 23.6. The molecule has 0 saturated carbocycles. The number of urea groups is 1. The number of nitriles is 2. The summed E-state index contributed by atoms with van der Waals surface area (Å²) < 4.78 is 27.9. The number of anilines is 1. The quantitative estimate of drug-likeness (QED) is 0.422. The highest BCUT2D eigenvalue weighted by Gasteiger charge is 2.38. The number of imidazole rings is 1. The molecule has 3 amide bonds. The predicted molar refractivity (Wildman–Crippen MR) is 146 cm³/mol. The standard InChI is InChI=1S/C27H28N8O4S/c1-40(38,39)35-12-11-33(27(37)32-23-4-2-3-22(13-23)15-29)18-25(35)26(36)31-10-9-24-16-30-19-34(24)17-21-7-5-20(14-28)6-8-21/h2-8,13,16,19,25H,9-12,17-18H2,1H3,(H,31,36)(H,32,37). The van der Waals surface area contributed by atoms with Crippen molar-refractivity contribution in [3.8, 4) is 12.1 Å². The molecule has 0 radical (unpaired) electrons. The maximum absolute atomic E-state index is 13.2. The zero-order valence-corrected chi connectivity index (χ0v) is 22.6. The largest absolute Gasteiger partial charge is 0.354 e. The molecule has 1 aliphatic rings. The highest BCUT2D eigenvalue weighted by atomic mass is 32.2. The van der Waals surface area contributed by atoms with Crippen molar-refractivity contribution in [2.75, 3.05) is 37.8 Å². The fourth-order valence-corrected chi connectivity index (χ4v) is 5.48. The van der Waals surface area contributed by atoms with Crippen LogP contribution in [0.4, 0.5) is 10.5 Å². The molecule has 1 atom stereocenters. The minimum Gasteiger partial charge on any atom is -0.354 e. The first-order valence-corrected chi connectivity index (χ1v) is 14.3. The molecule has 0 spiro atoms. The molecule has 1 aliphatic heterocycles. The summed E-state index contributed by atoms with van der Waals surface area (Å²) in [6, 6.07) is 16.2. The molecule has 0 aliphatic carbocycles. The number of carbonyl (C=O) groups is 2. The Morgan fingerprint density at radius 1 is 1.07 bits per heavy atom. The van der Waals surface area contributed by atoms with Gasteiger partial charge in [-0.3, -0.25) is 4.79 Å². The number of benzene rings is 2. The lowest BCUT2D eigenvalue weighted by Crippen LogP contribution is -2.61. The number of piperazine rings is 1. The second-order valence-electron chi connectivity index (χ2n) is 9.32. The van der Waals surface area contributed by atoms with Gasteiger partial charge in [0.2, 0.25) is 15.9 Å². The predicted octanol–water partition coefficient (Wildman–Crippen LogP) is 1.51. The molecule has 2 N–H and O–H groups in total. The monoisotopic (exact) mass is 560 g/mol. The van der Waals surface area contributed by atoms with Gasteiger partial charge in [-0.2, -0.15) is 14.8 Å². The van der Waals surface area contributed by atoms with E-state index in [-0.39, 0.29) is 26.2 Å². The van der Waals surface area contributed by atoms with E-state index in [4.69, 9.17) is 10.5 Å². The van der Waals surface area contributed by atoms with Crippen LogP contribution in [0.2, 0.25) is 0 Å². The normalized spacial score (nSPS) is 15.6. The summed E-state index contributed by atoms with van der Waals surface area (Å²) in [4.78, 5) is 31.6. The Balaban J connectivity index is 1.38. The Kier molecular flexibility index (Phi) is 8.79. The Labute approximate surface area is 232 Å². The number of amides is 3. The van der Waals surface area contributed by atoms with E-state index in [9.17, 15) is 18.0 Å². The molecular weight excluding hydrogens is 532 g/mol. The van der Waals surface area contributed by atoms with Gasteiger partial charge in [0.25, 0.3) is 0 Å². The smallest absolute Gasteiger partial charge is 0.321 e. The third-order valence-electron chi connectivity index (χ3n) is 6.50. The zero-order valence-electron chi connectivity index (χ0n) is 21.8. The van der Waals surface area contributed by atoms with Gasteiger partial charge in [-0.25, -0.2) is 18.2 Å². The summed E-state index contributed by atoms with van der Waals surface area (Å²) in [5.74, 6) is -0.507. The average molecular weight is 561 g/mol. The van der Waals surface area contributed by atoms with Gasteiger partial charge in [0.1, 0.15) is 6.04 Å². The molecule has 3 aromatic rings. The molecule has 206 valence electrons. The highest BCUT2D eigenvalue weighted by molar-refractivity contribution is 7.88. The van der Waals surface area contributed by atoms with Gasteiger partial charge in [-0.05, 0) is 35.9 Å². The zero-order chi connectivity index (χ0) is 28.7. The first kappa shape index (κ1) is 28.3. The van der Waals surface area contributed by atoms with E-state index >= 15 is 0 Å². The van der Waals surface area contributed by atoms with Crippen molar-refractivity contribution < 1.29 is 18.0 Å². The number of hydrogen-bond acceptors (Lipinski definition) is 7. The van der Waals surface area contributed by atoms with Crippen LogP contribution in [0.25, 0.3) is 0 Å². The number of rotatable bonds is 8. The second kappa shape index (κ2) is 12.4. The first-order chi connectivity index (χ1) is 19.2. The Morgan fingerprint density at radius 2 is 1.82 bits per heavy atom. The molecule has 12 nitrogen and oxygen atoms in total. The fraction of sp³-hybridized carbons (Fsp3) is 0.296. The maximum atomic E-state index is 13.2. The van der Waals surface area contributed by atoms with Crippen molar-refractivity contribution in [1.82, 2.24) is 24.1 Å². The van der Waals surface area contributed by atoms with Crippen LogP contribution in [0.3, 0.4) is 0 Å². The van der Waals surface area contributed by atoms with Gasteiger partial charge in [0.05, 0.1) is 35.8 Å². The SMILES string of the molecule is CS(=O)(=O)N1CCN(C(=O)Nc2cccc(C#N)c2)CC1C(=O)NCCc1cncn1Cc1ccc(C#N)cc1. The van der Waals surface area contributed by atoms with E-state index in [0.29, 0.717) is 29.8 Å². The summed E-state index contributed by atoms with van der Waals surface area (Å²) >= 11 is 0. The molecule has 4 rings (SSSR count). The van der Waals surface area contributed by atoms with Crippen LogP contribution < -0.4 is 10.6 Å². The number of nitrogens with one attached hydrogen (secondary N) is 2. The average Bonchev–Trinajstić information content (AvgIpc) is 3.39. The molecule has 1 fully saturated rings. The first-order valence-electron chi connectivity index (χ1n) is 12.5. The van der Waals surface area contributed by atoms with Crippen LogP contribution >= 0.6 is 0 Å². The van der Waals surface area contributed by atoms with Crippen molar-refractivity contribution in [2.45, 2.75) is 19.0 Å². The van der Waals surface area contributed by atoms with Crippen molar-refractivity contribution >= 4 is 27.6 Å². The number of aromatic nitrogens is 2. The highest BCUT2D eigenvalue weighted by Crippen LogP contribution is 2.17. The van der Waals surface area contributed by atoms with Gasteiger partial charge >= 0.3 is 6.03 Å².